The van der Waals surface area contributed by atoms with E-state index in [1.165, 1.54) is 26.4 Å². The Morgan fingerprint density at radius 3 is 2.33 bits per heavy atom. The molecule has 0 fully saturated rings. The molecular weight excluding hydrogens is 444 g/mol. The van der Waals surface area contributed by atoms with E-state index < -0.39 is 11.5 Å². The second-order valence-corrected chi connectivity index (χ2v) is 7.33. The van der Waals surface area contributed by atoms with E-state index in [2.05, 4.69) is 4.98 Å². The highest BCUT2D eigenvalue weighted by molar-refractivity contribution is 6.32. The summed E-state index contributed by atoms with van der Waals surface area (Å²) in [6, 6.07) is 18.9. The van der Waals surface area contributed by atoms with Gasteiger partial charge in [0.1, 0.15) is 11.5 Å². The molecule has 3 aromatic carbocycles. The molecule has 0 amide bonds. The molecule has 166 valence electrons. The minimum absolute atomic E-state index is 0.121. The summed E-state index contributed by atoms with van der Waals surface area (Å²) in [5, 5.41) is 0.786. The monoisotopic (exact) mass is 462 g/mol. The Bertz CT molecular complexity index is 1410. The molecule has 7 nitrogen and oxygen atoms in total. The van der Waals surface area contributed by atoms with Gasteiger partial charge in [-0.05, 0) is 42.0 Å². The Kier molecular flexibility index (Phi) is 6.42. The molecule has 0 bridgehead atoms. The van der Waals surface area contributed by atoms with Gasteiger partial charge in [-0.15, -0.1) is 4.73 Å². The lowest BCUT2D eigenvalue weighted by Crippen LogP contribution is -2.32. The summed E-state index contributed by atoms with van der Waals surface area (Å²) in [5.41, 5.74) is 1.03. The molecule has 1 heterocycles. The predicted octanol–water partition coefficient (Wildman–Crippen LogP) is 4.40. The third-order valence-corrected chi connectivity index (χ3v) is 5.18. The zero-order valence-corrected chi connectivity index (χ0v) is 18.6. The summed E-state index contributed by atoms with van der Waals surface area (Å²) in [5.74, 6) is 0.326. The first-order valence-electron chi connectivity index (χ1n) is 9.90. The topological polar surface area (TPSA) is 79.7 Å². The van der Waals surface area contributed by atoms with E-state index >= 15 is 0 Å². The molecule has 0 radical (unpaired) electrons. The number of methoxy groups -OCH3 is 2. The molecule has 0 aliphatic carbocycles. The maximum Gasteiger partial charge on any atom is 0.356 e. The van der Waals surface area contributed by atoms with Crippen molar-refractivity contribution in [2.75, 3.05) is 14.2 Å². The third kappa shape index (κ3) is 4.73. The second-order valence-electron chi connectivity index (χ2n) is 6.92. The van der Waals surface area contributed by atoms with Crippen molar-refractivity contribution in [2.24, 2.45) is 0 Å². The number of nitrogens with zero attached hydrogens (tertiary/aromatic N) is 2. The fraction of sp³-hybridized carbons (Fsp3) is 0.0800. The predicted molar refractivity (Wildman–Crippen MR) is 127 cm³/mol. The van der Waals surface area contributed by atoms with Crippen LogP contribution in [0.5, 0.6) is 11.5 Å². The molecule has 0 saturated carbocycles. The molecular formula is C25H19ClN2O5. The van der Waals surface area contributed by atoms with Gasteiger partial charge in [0, 0.05) is 22.7 Å². The first kappa shape index (κ1) is 22.1. The summed E-state index contributed by atoms with van der Waals surface area (Å²) in [6.45, 7) is 0. The maximum atomic E-state index is 13.2. The number of ether oxygens (including phenoxy) is 2. The minimum Gasteiger partial charge on any atom is -0.497 e. The van der Waals surface area contributed by atoms with Crippen LogP contribution in [0.3, 0.4) is 0 Å². The molecule has 8 heteroatoms. The van der Waals surface area contributed by atoms with Crippen LogP contribution >= 0.6 is 11.6 Å². The van der Waals surface area contributed by atoms with E-state index in [0.29, 0.717) is 38.6 Å². The highest BCUT2D eigenvalue weighted by atomic mass is 35.5. The van der Waals surface area contributed by atoms with Gasteiger partial charge >= 0.3 is 5.97 Å². The van der Waals surface area contributed by atoms with Crippen molar-refractivity contribution >= 4 is 34.5 Å². The molecule has 0 spiro atoms. The number of fused-ring (bicyclic) bond motifs is 1. The molecule has 0 N–H and O–H groups in total. The first-order valence-corrected chi connectivity index (χ1v) is 10.3. The van der Waals surface area contributed by atoms with Crippen LogP contribution in [0.15, 0.2) is 77.6 Å². The van der Waals surface area contributed by atoms with Crippen molar-refractivity contribution in [1.82, 2.24) is 9.71 Å². The Morgan fingerprint density at radius 1 is 0.970 bits per heavy atom. The van der Waals surface area contributed by atoms with Gasteiger partial charge in [-0.1, -0.05) is 41.9 Å². The number of carbonyl (C=O) groups is 1. The summed E-state index contributed by atoms with van der Waals surface area (Å²) in [4.78, 5) is 35.9. The van der Waals surface area contributed by atoms with Crippen molar-refractivity contribution in [1.29, 1.82) is 0 Å². The van der Waals surface area contributed by atoms with Crippen LogP contribution in [0.1, 0.15) is 5.56 Å². The lowest BCUT2D eigenvalue weighted by atomic mass is 10.1. The van der Waals surface area contributed by atoms with Gasteiger partial charge in [0.25, 0.3) is 5.56 Å². The van der Waals surface area contributed by atoms with E-state index in [-0.39, 0.29) is 5.82 Å². The number of hydrogen-bond donors (Lipinski definition) is 0. The van der Waals surface area contributed by atoms with Crippen molar-refractivity contribution in [2.45, 2.75) is 0 Å². The molecule has 0 unspecified atom stereocenters. The Balaban J connectivity index is 1.82. The number of hydrogen-bond acceptors (Lipinski definition) is 6. The minimum atomic E-state index is -0.773. The molecule has 1 aromatic heterocycles. The van der Waals surface area contributed by atoms with E-state index in [9.17, 15) is 9.59 Å². The van der Waals surface area contributed by atoms with Crippen molar-refractivity contribution in [3.63, 3.8) is 0 Å². The maximum absolute atomic E-state index is 13.2. The fourth-order valence-electron chi connectivity index (χ4n) is 3.21. The van der Waals surface area contributed by atoms with Gasteiger partial charge in [0.2, 0.25) is 0 Å². The number of rotatable bonds is 6. The van der Waals surface area contributed by atoms with E-state index in [0.717, 1.165) is 4.73 Å². The Morgan fingerprint density at radius 2 is 1.64 bits per heavy atom. The Labute approximate surface area is 194 Å². The quantitative estimate of drug-likeness (QED) is 0.395. The first-order chi connectivity index (χ1) is 16.0. The van der Waals surface area contributed by atoms with Crippen LogP contribution in [0.2, 0.25) is 5.02 Å². The van der Waals surface area contributed by atoms with Crippen molar-refractivity contribution in [3.05, 3.63) is 93.7 Å². The summed E-state index contributed by atoms with van der Waals surface area (Å²) in [6.07, 6.45) is 2.71. The highest BCUT2D eigenvalue weighted by Crippen LogP contribution is 2.29. The molecule has 4 aromatic rings. The standard InChI is InChI=1S/C25H19ClN2O5/c1-31-18-13-17(14-19(15-18)32-2)24-27-22-10-6-4-8-20(22)25(30)28(24)33-23(29)12-11-16-7-3-5-9-21(16)26/h3-15H,1-2H3. The van der Waals surface area contributed by atoms with Crippen LogP contribution in [-0.4, -0.2) is 29.9 Å². The number of benzene rings is 3. The number of halogens is 1. The summed E-state index contributed by atoms with van der Waals surface area (Å²) >= 11 is 6.13. The Hall–Kier alpha value is -4.10. The highest BCUT2D eigenvalue weighted by Gasteiger charge is 2.18. The fourth-order valence-corrected chi connectivity index (χ4v) is 3.41. The summed E-state index contributed by atoms with van der Waals surface area (Å²) in [7, 11) is 3.03. The van der Waals surface area contributed by atoms with Gasteiger partial charge in [-0.25, -0.2) is 9.78 Å². The van der Waals surface area contributed by atoms with Crippen LogP contribution in [0, 0.1) is 0 Å². The van der Waals surface area contributed by atoms with Crippen LogP contribution < -0.4 is 19.9 Å². The normalized spacial score (nSPS) is 11.0. The number of aromatic nitrogens is 2. The molecule has 0 aliphatic heterocycles. The van der Waals surface area contributed by atoms with Crippen LogP contribution in [0.4, 0.5) is 0 Å². The third-order valence-electron chi connectivity index (χ3n) is 4.83. The van der Waals surface area contributed by atoms with Gasteiger partial charge in [-0.2, -0.15) is 0 Å². The van der Waals surface area contributed by atoms with Crippen molar-refractivity contribution in [3.8, 4) is 22.9 Å². The molecule has 0 saturated heterocycles. The zero-order chi connectivity index (χ0) is 23.4. The molecule has 0 atom stereocenters. The summed E-state index contributed by atoms with van der Waals surface area (Å²) < 4.78 is 11.5. The van der Waals surface area contributed by atoms with Gasteiger partial charge in [0.05, 0.1) is 25.1 Å². The lowest BCUT2D eigenvalue weighted by molar-refractivity contribution is -0.138. The molecule has 33 heavy (non-hydrogen) atoms. The largest absolute Gasteiger partial charge is 0.497 e. The SMILES string of the molecule is COc1cc(OC)cc(-c2nc3ccccc3c(=O)n2OC(=O)C=Cc2ccccc2Cl)c1. The van der Waals surface area contributed by atoms with E-state index in [1.54, 1.807) is 66.7 Å². The average molecular weight is 463 g/mol. The van der Waals surface area contributed by atoms with E-state index in [4.69, 9.17) is 25.9 Å². The number of carbonyl (C=O) groups excluding carboxylic acids is 1. The van der Waals surface area contributed by atoms with Gasteiger partial charge in [0.15, 0.2) is 5.82 Å². The van der Waals surface area contributed by atoms with Gasteiger partial charge < -0.3 is 14.3 Å². The van der Waals surface area contributed by atoms with Crippen LogP contribution in [-0.2, 0) is 4.79 Å². The number of para-hydroxylation sites is 1. The zero-order valence-electron chi connectivity index (χ0n) is 17.8. The lowest BCUT2D eigenvalue weighted by Gasteiger charge is -2.14. The van der Waals surface area contributed by atoms with Crippen LogP contribution in [0.25, 0.3) is 28.4 Å². The van der Waals surface area contributed by atoms with Crippen molar-refractivity contribution < 1.29 is 19.1 Å². The second kappa shape index (κ2) is 9.58. The molecule has 4 rings (SSSR count). The molecule has 0 aliphatic rings. The average Bonchev–Trinajstić information content (AvgIpc) is 2.84. The van der Waals surface area contributed by atoms with Gasteiger partial charge in [-0.3, -0.25) is 4.79 Å². The van der Waals surface area contributed by atoms with E-state index in [1.807, 2.05) is 0 Å². The smallest absolute Gasteiger partial charge is 0.356 e.